The molecule has 0 unspecified atom stereocenters. The predicted octanol–water partition coefficient (Wildman–Crippen LogP) is 7.09. The molecule has 3 aromatic rings. The number of hydrogen-bond donors (Lipinski definition) is 0. The van der Waals surface area contributed by atoms with Gasteiger partial charge in [0.1, 0.15) is 18.0 Å². The summed E-state index contributed by atoms with van der Waals surface area (Å²) in [6.07, 6.45) is 9.93. The number of aromatic nitrogens is 2. The minimum Gasteiger partial charge on any atom is -0.458 e. The zero-order valence-corrected chi connectivity index (χ0v) is 23.1. The number of hydrogen-bond acceptors (Lipinski definition) is 6. The van der Waals surface area contributed by atoms with E-state index in [9.17, 15) is 4.79 Å². The molecule has 6 heteroatoms. The molecule has 0 spiro atoms. The molecule has 0 atom stereocenters. The van der Waals surface area contributed by atoms with Gasteiger partial charge in [-0.3, -0.25) is 4.98 Å². The highest BCUT2D eigenvalue weighted by atomic mass is 16.6. The Bertz CT molecular complexity index is 1140. The van der Waals surface area contributed by atoms with Crippen molar-refractivity contribution >= 4 is 11.8 Å². The first-order valence-corrected chi connectivity index (χ1v) is 13.9. The van der Waals surface area contributed by atoms with Crippen molar-refractivity contribution in [3.8, 4) is 22.5 Å². The van der Waals surface area contributed by atoms with Gasteiger partial charge in [0.25, 0.3) is 0 Å². The lowest BCUT2D eigenvalue weighted by Crippen LogP contribution is -2.38. The molecule has 6 nitrogen and oxygen atoms in total. The lowest BCUT2D eigenvalue weighted by atomic mass is 9.94. The molecule has 0 amide bonds. The van der Waals surface area contributed by atoms with Crippen LogP contribution in [0.2, 0.25) is 0 Å². The van der Waals surface area contributed by atoms with Crippen LogP contribution in [0.3, 0.4) is 0 Å². The van der Waals surface area contributed by atoms with Gasteiger partial charge in [-0.25, -0.2) is 9.78 Å². The minimum atomic E-state index is -0.489. The molecule has 202 valence electrons. The number of carbonyl (C=O) groups is 1. The second-order valence-corrected chi connectivity index (χ2v) is 11.0. The van der Waals surface area contributed by atoms with E-state index < -0.39 is 5.60 Å². The van der Waals surface area contributed by atoms with E-state index in [2.05, 4.69) is 41.3 Å². The van der Waals surface area contributed by atoms with Gasteiger partial charge in [0.05, 0.1) is 17.6 Å². The lowest BCUT2D eigenvalue weighted by Gasteiger charge is -2.35. The summed E-state index contributed by atoms with van der Waals surface area (Å²) in [7, 11) is 0. The van der Waals surface area contributed by atoms with Gasteiger partial charge in [-0.15, -0.1) is 0 Å². The normalized spacial score (nSPS) is 14.3. The van der Waals surface area contributed by atoms with Crippen LogP contribution < -0.4 is 4.90 Å². The molecule has 1 fully saturated rings. The minimum absolute atomic E-state index is 0.00350. The number of ether oxygens (including phenoxy) is 2. The average molecular weight is 516 g/mol. The third kappa shape index (κ3) is 8.12. The van der Waals surface area contributed by atoms with Gasteiger partial charge in [-0.1, -0.05) is 79.9 Å². The van der Waals surface area contributed by atoms with Gasteiger partial charge in [0.2, 0.25) is 0 Å². The van der Waals surface area contributed by atoms with E-state index in [1.807, 2.05) is 51.2 Å². The Balaban J connectivity index is 1.48. The maximum atomic E-state index is 11.9. The Hall–Kier alpha value is -3.25. The lowest BCUT2D eigenvalue weighted by molar-refractivity contribution is -0.160. The molecule has 1 aromatic heterocycles. The Morgan fingerprint density at radius 1 is 0.895 bits per heavy atom. The Kier molecular flexibility index (Phi) is 9.88. The molecule has 1 aliphatic carbocycles. The van der Waals surface area contributed by atoms with Crippen molar-refractivity contribution in [2.45, 2.75) is 77.4 Å². The van der Waals surface area contributed by atoms with E-state index in [0.29, 0.717) is 12.6 Å². The molecular weight excluding hydrogens is 474 g/mol. The summed E-state index contributed by atoms with van der Waals surface area (Å²) in [5.74, 6) is 0.619. The molecule has 0 aliphatic heterocycles. The molecule has 0 saturated heterocycles. The topological polar surface area (TPSA) is 64.6 Å². The Labute approximate surface area is 227 Å². The Morgan fingerprint density at radius 2 is 1.53 bits per heavy atom. The molecule has 38 heavy (non-hydrogen) atoms. The highest BCUT2D eigenvalue weighted by molar-refractivity contribution is 5.78. The number of benzene rings is 2. The second-order valence-electron chi connectivity index (χ2n) is 11.0. The summed E-state index contributed by atoms with van der Waals surface area (Å²) in [5, 5.41) is 0. The number of nitrogens with zero attached hydrogens (tertiary/aromatic N) is 3. The van der Waals surface area contributed by atoms with Crippen LogP contribution in [0.4, 0.5) is 5.82 Å². The quantitative estimate of drug-likeness (QED) is 0.201. The smallest absolute Gasteiger partial charge is 0.332 e. The zero-order valence-electron chi connectivity index (χ0n) is 23.1. The van der Waals surface area contributed by atoms with E-state index in [-0.39, 0.29) is 12.6 Å². The summed E-state index contributed by atoms with van der Waals surface area (Å²) in [4.78, 5) is 24.6. The van der Waals surface area contributed by atoms with Crippen molar-refractivity contribution in [3.05, 3.63) is 66.9 Å². The fourth-order valence-electron chi connectivity index (χ4n) is 5.01. The molecule has 4 rings (SSSR count). The van der Waals surface area contributed by atoms with Crippen molar-refractivity contribution in [1.29, 1.82) is 0 Å². The predicted molar refractivity (Wildman–Crippen MR) is 153 cm³/mol. The first kappa shape index (κ1) is 27.8. The summed E-state index contributed by atoms with van der Waals surface area (Å²) < 4.78 is 10.9. The third-order valence-corrected chi connectivity index (χ3v) is 6.74. The number of unbranched alkanes of at least 4 members (excludes halogenated alkanes) is 1. The summed E-state index contributed by atoms with van der Waals surface area (Å²) in [6.45, 7) is 7.01. The summed E-state index contributed by atoms with van der Waals surface area (Å²) >= 11 is 0. The molecule has 2 aromatic carbocycles. The van der Waals surface area contributed by atoms with E-state index >= 15 is 0 Å². The first-order valence-electron chi connectivity index (χ1n) is 13.9. The van der Waals surface area contributed by atoms with E-state index in [1.54, 1.807) is 0 Å². The molecule has 0 bridgehead atoms. The molecule has 0 N–H and O–H groups in total. The highest BCUT2D eigenvalue weighted by Crippen LogP contribution is 2.33. The van der Waals surface area contributed by atoms with Gasteiger partial charge in [0.15, 0.2) is 0 Å². The maximum Gasteiger partial charge on any atom is 0.332 e. The average Bonchev–Trinajstić information content (AvgIpc) is 2.93. The van der Waals surface area contributed by atoms with Crippen molar-refractivity contribution in [2.24, 2.45) is 0 Å². The van der Waals surface area contributed by atoms with Crippen molar-refractivity contribution in [1.82, 2.24) is 9.97 Å². The van der Waals surface area contributed by atoms with Crippen LogP contribution >= 0.6 is 0 Å². The zero-order chi connectivity index (χ0) is 26.8. The van der Waals surface area contributed by atoms with Crippen molar-refractivity contribution < 1.29 is 14.3 Å². The van der Waals surface area contributed by atoms with Gasteiger partial charge in [0, 0.05) is 30.3 Å². The van der Waals surface area contributed by atoms with E-state index in [0.717, 1.165) is 47.7 Å². The van der Waals surface area contributed by atoms with Gasteiger partial charge < -0.3 is 14.4 Å². The number of anilines is 1. The molecule has 1 saturated carbocycles. The van der Waals surface area contributed by atoms with Crippen LogP contribution in [0.5, 0.6) is 0 Å². The van der Waals surface area contributed by atoms with Crippen LogP contribution in [0, 0.1) is 0 Å². The number of carbonyl (C=O) groups excluding carboxylic acids is 1. The Morgan fingerprint density at radius 3 is 2.16 bits per heavy atom. The largest absolute Gasteiger partial charge is 0.458 e. The van der Waals surface area contributed by atoms with Crippen LogP contribution in [0.1, 0.15) is 65.7 Å². The standard InChI is InChI=1S/C32H41N3O3/c1-32(2,3)38-29(36)24-37-22-14-13-21-35(27-19-11-6-12-20-27)28-23-33-30(25-15-7-4-8-16-25)31(34-28)26-17-9-5-10-18-26/h4-5,7-10,15-18,23,27H,6,11-14,19-22,24H2,1-3H3. The van der Waals surface area contributed by atoms with Crippen molar-refractivity contribution in [3.63, 3.8) is 0 Å². The van der Waals surface area contributed by atoms with E-state index in [4.69, 9.17) is 19.4 Å². The first-order chi connectivity index (χ1) is 18.4. The second kappa shape index (κ2) is 13.5. The van der Waals surface area contributed by atoms with Gasteiger partial charge >= 0.3 is 5.97 Å². The molecular formula is C32H41N3O3. The number of esters is 1. The fraction of sp³-hybridized carbons (Fsp3) is 0.469. The molecule has 1 aliphatic rings. The van der Waals surface area contributed by atoms with Gasteiger partial charge in [-0.2, -0.15) is 0 Å². The van der Waals surface area contributed by atoms with E-state index in [1.165, 1.54) is 32.1 Å². The number of rotatable bonds is 11. The highest BCUT2D eigenvalue weighted by Gasteiger charge is 2.24. The fourth-order valence-corrected chi connectivity index (χ4v) is 5.01. The SMILES string of the molecule is CC(C)(C)OC(=O)COCCCCN(c1cnc(-c2ccccc2)c(-c2ccccc2)n1)C1CCCCC1. The van der Waals surface area contributed by atoms with Crippen LogP contribution in [-0.4, -0.2) is 47.3 Å². The summed E-state index contributed by atoms with van der Waals surface area (Å²) in [5.41, 5.74) is 3.46. The van der Waals surface area contributed by atoms with Crippen LogP contribution in [0.15, 0.2) is 66.9 Å². The maximum absolute atomic E-state index is 11.9. The third-order valence-electron chi connectivity index (χ3n) is 6.74. The van der Waals surface area contributed by atoms with Gasteiger partial charge in [-0.05, 0) is 46.5 Å². The molecule has 0 radical (unpaired) electrons. The van der Waals surface area contributed by atoms with Crippen LogP contribution in [0.25, 0.3) is 22.5 Å². The van der Waals surface area contributed by atoms with Crippen LogP contribution in [-0.2, 0) is 14.3 Å². The monoisotopic (exact) mass is 515 g/mol. The summed E-state index contributed by atoms with van der Waals surface area (Å²) in [6, 6.07) is 21.1. The van der Waals surface area contributed by atoms with Crippen molar-refractivity contribution in [2.75, 3.05) is 24.7 Å². The molecule has 1 heterocycles.